The number of halogens is 1. The molecule has 5 nitrogen and oxygen atoms in total. The van der Waals surface area contributed by atoms with E-state index >= 15 is 0 Å². The predicted molar refractivity (Wildman–Crippen MR) is 83.1 cm³/mol. The van der Waals surface area contributed by atoms with Gasteiger partial charge in [-0.3, -0.25) is 10.1 Å². The molecule has 0 atom stereocenters. The van der Waals surface area contributed by atoms with Gasteiger partial charge in [-0.05, 0) is 30.2 Å². The Balaban J connectivity index is 0.00000200. The van der Waals surface area contributed by atoms with Crippen molar-refractivity contribution >= 4 is 29.9 Å². The minimum atomic E-state index is -0.184. The molecule has 0 aliphatic heterocycles. The van der Waals surface area contributed by atoms with E-state index in [0.29, 0.717) is 23.1 Å². The van der Waals surface area contributed by atoms with Crippen molar-refractivity contribution in [3.05, 3.63) is 42.2 Å². The van der Waals surface area contributed by atoms with Gasteiger partial charge in [0.25, 0.3) is 5.91 Å². The first-order chi connectivity index (χ1) is 9.06. The van der Waals surface area contributed by atoms with Gasteiger partial charge in [-0.2, -0.15) is 0 Å². The Morgan fingerprint density at radius 3 is 2.60 bits per heavy atom. The lowest BCUT2D eigenvalue weighted by Crippen LogP contribution is -2.17. The van der Waals surface area contributed by atoms with Crippen molar-refractivity contribution in [2.75, 3.05) is 11.1 Å². The second kappa shape index (κ2) is 6.96. The zero-order valence-corrected chi connectivity index (χ0v) is 12.4. The average Bonchev–Trinajstić information content (AvgIpc) is 2.76. The lowest BCUT2D eigenvalue weighted by Gasteiger charge is -2.11. The van der Waals surface area contributed by atoms with Crippen LogP contribution in [0.15, 0.2) is 36.7 Å². The number of benzene rings is 1. The van der Waals surface area contributed by atoms with Crippen molar-refractivity contribution in [2.45, 2.75) is 20.4 Å². The first kappa shape index (κ1) is 16.0. The van der Waals surface area contributed by atoms with Gasteiger partial charge in [-0.15, -0.1) is 12.4 Å². The molecule has 0 unspecified atom stereocenters. The Morgan fingerprint density at radius 2 is 2.00 bits per heavy atom. The number of nitrogens with zero attached hydrogens (tertiary/aromatic N) is 2. The van der Waals surface area contributed by atoms with Crippen LogP contribution in [0.5, 0.6) is 0 Å². The number of imidazole rings is 1. The molecule has 0 saturated carbocycles. The van der Waals surface area contributed by atoms with E-state index in [2.05, 4.69) is 24.1 Å². The Kier molecular flexibility index (Phi) is 5.58. The van der Waals surface area contributed by atoms with Crippen LogP contribution in [0.4, 0.5) is 11.6 Å². The molecule has 0 radical (unpaired) electrons. The Morgan fingerprint density at radius 1 is 1.35 bits per heavy atom. The summed E-state index contributed by atoms with van der Waals surface area (Å²) in [6.45, 7) is 5.05. The molecular weight excluding hydrogens is 276 g/mol. The highest BCUT2D eigenvalue weighted by molar-refractivity contribution is 6.03. The standard InChI is InChI=1S/C14H18N4O.ClH/c1-10(2)9-18-8-7-16-14(18)17-13(19)11-3-5-12(15)6-4-11;/h3-8,10H,9,15H2,1-2H3,(H,16,17,19);1H. The molecule has 1 aromatic heterocycles. The summed E-state index contributed by atoms with van der Waals surface area (Å²) in [7, 11) is 0. The van der Waals surface area contributed by atoms with Crippen LogP contribution >= 0.6 is 12.4 Å². The third-order valence-corrected chi connectivity index (χ3v) is 2.68. The molecule has 108 valence electrons. The zero-order valence-electron chi connectivity index (χ0n) is 11.5. The van der Waals surface area contributed by atoms with Gasteiger partial charge in [0.05, 0.1) is 0 Å². The number of nitrogens with two attached hydrogens (primary N) is 1. The summed E-state index contributed by atoms with van der Waals surface area (Å²) in [5, 5.41) is 2.80. The van der Waals surface area contributed by atoms with Gasteiger partial charge in [0.1, 0.15) is 0 Å². The maximum absolute atomic E-state index is 12.1. The van der Waals surface area contributed by atoms with Crippen molar-refractivity contribution in [3.8, 4) is 0 Å². The second-order valence-electron chi connectivity index (χ2n) is 4.87. The lowest BCUT2D eigenvalue weighted by atomic mass is 10.2. The molecule has 0 fully saturated rings. The number of amides is 1. The molecule has 1 aromatic carbocycles. The maximum Gasteiger partial charge on any atom is 0.257 e. The Labute approximate surface area is 124 Å². The van der Waals surface area contributed by atoms with Crippen molar-refractivity contribution in [1.82, 2.24) is 9.55 Å². The normalized spacial score (nSPS) is 10.2. The maximum atomic E-state index is 12.1. The number of carbonyl (C=O) groups excluding carboxylic acids is 1. The van der Waals surface area contributed by atoms with Gasteiger partial charge >= 0.3 is 0 Å². The third kappa shape index (κ3) is 3.99. The van der Waals surface area contributed by atoms with E-state index in [1.165, 1.54) is 0 Å². The molecule has 0 bridgehead atoms. The van der Waals surface area contributed by atoms with Gasteiger partial charge < -0.3 is 10.3 Å². The zero-order chi connectivity index (χ0) is 13.8. The predicted octanol–water partition coefficient (Wildman–Crippen LogP) is 2.80. The first-order valence-corrected chi connectivity index (χ1v) is 6.24. The van der Waals surface area contributed by atoms with Crippen LogP contribution in [0.2, 0.25) is 0 Å². The van der Waals surface area contributed by atoms with Crippen LogP contribution < -0.4 is 11.1 Å². The number of hydrogen-bond acceptors (Lipinski definition) is 3. The van der Waals surface area contributed by atoms with E-state index in [1.54, 1.807) is 30.5 Å². The van der Waals surface area contributed by atoms with Gasteiger partial charge in [0.15, 0.2) is 0 Å². The monoisotopic (exact) mass is 294 g/mol. The molecule has 6 heteroatoms. The van der Waals surface area contributed by atoms with E-state index in [1.807, 2.05) is 10.8 Å². The minimum absolute atomic E-state index is 0. The average molecular weight is 295 g/mol. The fourth-order valence-corrected chi connectivity index (χ4v) is 1.78. The number of hydrogen-bond donors (Lipinski definition) is 2. The van der Waals surface area contributed by atoms with E-state index in [4.69, 9.17) is 5.73 Å². The minimum Gasteiger partial charge on any atom is -0.399 e. The molecule has 2 rings (SSSR count). The fourth-order valence-electron chi connectivity index (χ4n) is 1.78. The fraction of sp³-hybridized carbons (Fsp3) is 0.286. The molecule has 1 amide bonds. The van der Waals surface area contributed by atoms with Gasteiger partial charge in [0.2, 0.25) is 5.95 Å². The van der Waals surface area contributed by atoms with E-state index < -0.39 is 0 Å². The van der Waals surface area contributed by atoms with Crippen LogP contribution in [0.3, 0.4) is 0 Å². The summed E-state index contributed by atoms with van der Waals surface area (Å²) in [5.41, 5.74) is 6.79. The largest absolute Gasteiger partial charge is 0.399 e. The molecular formula is C14H19ClN4O. The number of nitrogen functional groups attached to an aromatic ring is 1. The van der Waals surface area contributed by atoms with Gasteiger partial charge in [-0.1, -0.05) is 13.8 Å². The Hall–Kier alpha value is -2.01. The van der Waals surface area contributed by atoms with Crippen LogP contribution in [0.25, 0.3) is 0 Å². The lowest BCUT2D eigenvalue weighted by molar-refractivity contribution is 0.102. The molecule has 20 heavy (non-hydrogen) atoms. The summed E-state index contributed by atoms with van der Waals surface area (Å²) in [6.07, 6.45) is 3.54. The highest BCUT2D eigenvalue weighted by Crippen LogP contribution is 2.11. The van der Waals surface area contributed by atoms with Crippen molar-refractivity contribution in [3.63, 3.8) is 0 Å². The molecule has 0 saturated heterocycles. The van der Waals surface area contributed by atoms with Crippen LogP contribution in [0, 0.1) is 5.92 Å². The number of rotatable bonds is 4. The van der Waals surface area contributed by atoms with Crippen molar-refractivity contribution in [2.24, 2.45) is 5.92 Å². The van der Waals surface area contributed by atoms with E-state index in [-0.39, 0.29) is 18.3 Å². The summed E-state index contributed by atoms with van der Waals surface area (Å²) >= 11 is 0. The number of nitrogens with one attached hydrogen (secondary N) is 1. The number of anilines is 2. The number of carbonyl (C=O) groups is 1. The summed E-state index contributed by atoms with van der Waals surface area (Å²) in [4.78, 5) is 16.2. The molecule has 2 aromatic rings. The van der Waals surface area contributed by atoms with Gasteiger partial charge in [0, 0.05) is 30.2 Å². The quantitative estimate of drug-likeness (QED) is 0.852. The summed E-state index contributed by atoms with van der Waals surface area (Å²) in [5.74, 6) is 0.869. The van der Waals surface area contributed by atoms with Crippen LogP contribution in [-0.2, 0) is 6.54 Å². The molecule has 0 aliphatic rings. The van der Waals surface area contributed by atoms with Crippen LogP contribution in [0.1, 0.15) is 24.2 Å². The summed E-state index contributed by atoms with van der Waals surface area (Å²) < 4.78 is 1.93. The Bertz CT molecular complexity index is 563. The molecule has 1 heterocycles. The van der Waals surface area contributed by atoms with Crippen molar-refractivity contribution < 1.29 is 4.79 Å². The molecule has 0 spiro atoms. The molecule has 0 aliphatic carbocycles. The van der Waals surface area contributed by atoms with E-state index in [9.17, 15) is 4.79 Å². The highest BCUT2D eigenvalue weighted by atomic mass is 35.5. The molecule has 3 N–H and O–H groups in total. The SMILES string of the molecule is CC(C)Cn1ccnc1NC(=O)c1ccc(N)cc1.Cl. The smallest absolute Gasteiger partial charge is 0.257 e. The highest BCUT2D eigenvalue weighted by Gasteiger charge is 2.10. The second-order valence-corrected chi connectivity index (χ2v) is 4.87. The third-order valence-electron chi connectivity index (χ3n) is 2.68. The van der Waals surface area contributed by atoms with Crippen molar-refractivity contribution in [1.29, 1.82) is 0 Å². The topological polar surface area (TPSA) is 72.9 Å². The van der Waals surface area contributed by atoms with Crippen LogP contribution in [-0.4, -0.2) is 15.5 Å². The summed E-state index contributed by atoms with van der Waals surface area (Å²) in [6, 6.07) is 6.80. The van der Waals surface area contributed by atoms with E-state index in [0.717, 1.165) is 6.54 Å². The van der Waals surface area contributed by atoms with Gasteiger partial charge in [-0.25, -0.2) is 4.98 Å². The number of aromatic nitrogens is 2. The first-order valence-electron chi connectivity index (χ1n) is 6.24.